The molecule has 26 heavy (non-hydrogen) atoms. The molecule has 1 spiro atoms. The zero-order valence-electron chi connectivity index (χ0n) is 14.8. The molecule has 2 aromatic rings. The van der Waals surface area contributed by atoms with E-state index in [2.05, 4.69) is 28.6 Å². The SMILES string of the molecule is C=C(O)c1ccccc1CNC1=Nc2ccccc2NC12CCNCC2. The number of aliphatic hydroxyl groups excluding tert-OH is 1. The molecule has 2 heterocycles. The number of anilines is 1. The number of rotatable bonds is 3. The lowest BCUT2D eigenvalue weighted by Crippen LogP contribution is -2.58. The van der Waals surface area contributed by atoms with Gasteiger partial charge in [0.05, 0.1) is 16.9 Å². The van der Waals surface area contributed by atoms with Crippen LogP contribution < -0.4 is 16.0 Å². The number of benzene rings is 2. The number of hydrogen-bond donors (Lipinski definition) is 4. The number of fused-ring (bicyclic) bond motifs is 1. The lowest BCUT2D eigenvalue weighted by atomic mass is 9.85. The predicted molar refractivity (Wildman–Crippen MR) is 107 cm³/mol. The van der Waals surface area contributed by atoms with Gasteiger partial charge in [-0.1, -0.05) is 43.0 Å². The molecule has 0 aliphatic carbocycles. The first-order chi connectivity index (χ1) is 12.7. The van der Waals surface area contributed by atoms with E-state index in [0.717, 1.165) is 54.3 Å². The highest BCUT2D eigenvalue weighted by molar-refractivity contribution is 6.00. The number of hydrogen-bond acceptors (Lipinski definition) is 5. The Hall–Kier alpha value is -2.79. The van der Waals surface area contributed by atoms with Crippen molar-refractivity contribution in [3.05, 3.63) is 66.2 Å². The van der Waals surface area contributed by atoms with Crippen LogP contribution in [-0.4, -0.2) is 29.6 Å². The van der Waals surface area contributed by atoms with Gasteiger partial charge >= 0.3 is 0 Å². The summed E-state index contributed by atoms with van der Waals surface area (Å²) in [6.07, 6.45) is 1.95. The second kappa shape index (κ2) is 6.84. The van der Waals surface area contributed by atoms with Gasteiger partial charge in [0.2, 0.25) is 0 Å². The first kappa shape index (κ1) is 16.7. The summed E-state index contributed by atoms with van der Waals surface area (Å²) in [6, 6.07) is 15.9. The van der Waals surface area contributed by atoms with Crippen molar-refractivity contribution < 1.29 is 5.11 Å². The Bertz CT molecular complexity index is 853. The van der Waals surface area contributed by atoms with Crippen molar-refractivity contribution in [2.24, 2.45) is 4.99 Å². The molecule has 134 valence electrons. The van der Waals surface area contributed by atoms with E-state index >= 15 is 0 Å². The van der Waals surface area contributed by atoms with Crippen LogP contribution in [0.3, 0.4) is 0 Å². The van der Waals surface area contributed by atoms with Crippen molar-refractivity contribution in [3.8, 4) is 0 Å². The summed E-state index contributed by atoms with van der Waals surface area (Å²) in [5.41, 5.74) is 3.64. The maximum atomic E-state index is 9.84. The van der Waals surface area contributed by atoms with E-state index in [9.17, 15) is 5.11 Å². The van der Waals surface area contributed by atoms with Gasteiger partial charge in [-0.15, -0.1) is 0 Å². The van der Waals surface area contributed by atoms with Crippen molar-refractivity contribution in [2.75, 3.05) is 18.4 Å². The molecule has 4 N–H and O–H groups in total. The van der Waals surface area contributed by atoms with Crippen LogP contribution in [0.15, 0.2) is 60.1 Å². The van der Waals surface area contributed by atoms with Crippen LogP contribution in [0.25, 0.3) is 5.76 Å². The van der Waals surface area contributed by atoms with E-state index in [0.29, 0.717) is 6.54 Å². The van der Waals surface area contributed by atoms with Gasteiger partial charge in [0.1, 0.15) is 11.6 Å². The van der Waals surface area contributed by atoms with Gasteiger partial charge in [-0.2, -0.15) is 0 Å². The Balaban J connectivity index is 1.64. The highest BCUT2D eigenvalue weighted by atomic mass is 16.3. The third-order valence-corrected chi connectivity index (χ3v) is 5.20. The van der Waals surface area contributed by atoms with Gasteiger partial charge in [0.15, 0.2) is 0 Å². The molecule has 0 amide bonds. The van der Waals surface area contributed by atoms with E-state index in [1.165, 1.54) is 0 Å². The maximum absolute atomic E-state index is 9.84. The normalized spacial score (nSPS) is 17.8. The molecule has 2 aliphatic heterocycles. The summed E-state index contributed by atoms with van der Waals surface area (Å²) in [4.78, 5) is 4.94. The topological polar surface area (TPSA) is 68.7 Å². The Labute approximate surface area is 153 Å². The van der Waals surface area contributed by atoms with E-state index in [1.54, 1.807) is 0 Å². The van der Waals surface area contributed by atoms with Crippen LogP contribution in [0, 0.1) is 0 Å². The van der Waals surface area contributed by atoms with E-state index < -0.39 is 0 Å². The summed E-state index contributed by atoms with van der Waals surface area (Å²) in [6.45, 7) is 6.18. The summed E-state index contributed by atoms with van der Waals surface area (Å²) >= 11 is 0. The molecule has 0 unspecified atom stereocenters. The van der Waals surface area contributed by atoms with Gasteiger partial charge in [-0.05, 0) is 43.6 Å². The lowest BCUT2D eigenvalue weighted by molar-refractivity contribution is 0.412. The lowest BCUT2D eigenvalue weighted by Gasteiger charge is -2.43. The van der Waals surface area contributed by atoms with Gasteiger partial charge in [-0.25, -0.2) is 4.99 Å². The molecule has 4 rings (SSSR count). The molecule has 1 fully saturated rings. The smallest absolute Gasteiger partial charge is 0.128 e. The molecule has 0 radical (unpaired) electrons. The Morgan fingerprint density at radius 1 is 1.12 bits per heavy atom. The number of amidine groups is 1. The summed E-state index contributed by atoms with van der Waals surface area (Å²) in [5.74, 6) is 1.06. The van der Waals surface area contributed by atoms with Gasteiger partial charge in [0.25, 0.3) is 0 Å². The molecule has 0 bridgehead atoms. The second-order valence-corrected chi connectivity index (χ2v) is 6.89. The third-order valence-electron chi connectivity index (χ3n) is 5.20. The largest absolute Gasteiger partial charge is 0.508 e. The first-order valence-electron chi connectivity index (χ1n) is 9.05. The molecule has 5 heteroatoms. The van der Waals surface area contributed by atoms with Crippen LogP contribution in [0.2, 0.25) is 0 Å². The number of aliphatic hydroxyl groups is 1. The van der Waals surface area contributed by atoms with Crippen molar-refractivity contribution in [2.45, 2.75) is 24.9 Å². The van der Waals surface area contributed by atoms with Crippen molar-refractivity contribution in [3.63, 3.8) is 0 Å². The van der Waals surface area contributed by atoms with E-state index in [-0.39, 0.29) is 11.3 Å². The maximum Gasteiger partial charge on any atom is 0.128 e. The molecule has 0 aromatic heterocycles. The average Bonchev–Trinajstić information content (AvgIpc) is 2.67. The fourth-order valence-electron chi connectivity index (χ4n) is 3.78. The molecular formula is C21H24N4O. The van der Waals surface area contributed by atoms with Gasteiger partial charge in [0, 0.05) is 12.1 Å². The minimum atomic E-state index is -0.176. The summed E-state index contributed by atoms with van der Waals surface area (Å²) in [7, 11) is 0. The van der Waals surface area contributed by atoms with Crippen LogP contribution >= 0.6 is 0 Å². The Morgan fingerprint density at radius 3 is 2.65 bits per heavy atom. The Kier molecular flexibility index (Phi) is 4.39. The zero-order chi connectivity index (χ0) is 18.0. The van der Waals surface area contributed by atoms with Gasteiger partial charge in [-0.3, -0.25) is 0 Å². The standard InChI is InChI=1S/C21H24N4O/c1-15(26)17-7-3-2-6-16(17)14-23-20-21(10-12-22-13-11-21)25-19-9-5-4-8-18(19)24-20/h2-9,22,25-26H,1,10-14H2,(H,23,24). The molecule has 5 nitrogen and oxygen atoms in total. The molecule has 0 saturated carbocycles. The van der Waals surface area contributed by atoms with Crippen LogP contribution in [0.1, 0.15) is 24.0 Å². The van der Waals surface area contributed by atoms with Crippen molar-refractivity contribution in [1.82, 2.24) is 10.6 Å². The number of nitrogens with one attached hydrogen (secondary N) is 3. The van der Waals surface area contributed by atoms with Crippen LogP contribution in [0.5, 0.6) is 0 Å². The minimum absolute atomic E-state index is 0.0908. The minimum Gasteiger partial charge on any atom is -0.508 e. The third kappa shape index (κ3) is 3.06. The van der Waals surface area contributed by atoms with Crippen LogP contribution in [-0.2, 0) is 6.54 Å². The van der Waals surface area contributed by atoms with Gasteiger partial charge < -0.3 is 21.1 Å². The molecule has 2 aromatic carbocycles. The number of nitrogens with zero attached hydrogens (tertiary/aromatic N) is 1. The molecule has 1 saturated heterocycles. The predicted octanol–water partition coefficient (Wildman–Crippen LogP) is 3.58. The second-order valence-electron chi connectivity index (χ2n) is 6.89. The number of para-hydroxylation sites is 2. The number of aliphatic imine (C=N–C) groups is 1. The highest BCUT2D eigenvalue weighted by Gasteiger charge is 2.40. The quantitative estimate of drug-likeness (QED) is 0.640. The van der Waals surface area contributed by atoms with Crippen LogP contribution in [0.4, 0.5) is 11.4 Å². The molecular weight excluding hydrogens is 324 g/mol. The number of piperidine rings is 1. The van der Waals surface area contributed by atoms with Crippen molar-refractivity contribution >= 4 is 23.0 Å². The van der Waals surface area contributed by atoms with Crippen molar-refractivity contribution in [1.29, 1.82) is 0 Å². The summed E-state index contributed by atoms with van der Waals surface area (Å²) in [5, 5.41) is 20.6. The molecule has 0 atom stereocenters. The fourth-order valence-corrected chi connectivity index (χ4v) is 3.78. The Morgan fingerprint density at radius 2 is 1.85 bits per heavy atom. The van der Waals surface area contributed by atoms with E-state index in [4.69, 9.17) is 4.99 Å². The average molecular weight is 348 g/mol. The monoisotopic (exact) mass is 348 g/mol. The summed E-state index contributed by atoms with van der Waals surface area (Å²) < 4.78 is 0. The first-order valence-corrected chi connectivity index (χ1v) is 9.05. The van der Waals surface area contributed by atoms with E-state index in [1.807, 2.05) is 42.5 Å². The highest BCUT2D eigenvalue weighted by Crippen LogP contribution is 2.36. The zero-order valence-corrected chi connectivity index (χ0v) is 14.8. The fraction of sp³-hybridized carbons (Fsp3) is 0.286. The molecule has 2 aliphatic rings.